The molecule has 1 heterocycles. The molecule has 118 valence electrons. The Balaban J connectivity index is 2.29. The number of hydrogen-bond acceptors (Lipinski definition) is 4. The first kappa shape index (κ1) is 17.4. The summed E-state index contributed by atoms with van der Waals surface area (Å²) in [7, 11) is 4.17. The van der Waals surface area contributed by atoms with E-state index in [0.29, 0.717) is 18.5 Å². The summed E-state index contributed by atoms with van der Waals surface area (Å²) in [6.45, 7) is 9.76. The molecule has 0 aliphatic carbocycles. The summed E-state index contributed by atoms with van der Waals surface area (Å²) < 4.78 is 0. The maximum atomic E-state index is 12.0. The number of carbonyl (C=O) groups excluding carboxylic acids is 1. The third-order valence-corrected chi connectivity index (χ3v) is 3.81. The summed E-state index contributed by atoms with van der Waals surface area (Å²) in [5.74, 6) is 0.804. The molecule has 0 aromatic heterocycles. The fraction of sp³-hybridized carbons (Fsp3) is 0.933. The third kappa shape index (κ3) is 7.22. The van der Waals surface area contributed by atoms with Crippen molar-refractivity contribution < 1.29 is 4.79 Å². The Morgan fingerprint density at radius 2 is 2.05 bits per heavy atom. The Labute approximate surface area is 124 Å². The molecule has 2 N–H and O–H groups in total. The van der Waals surface area contributed by atoms with Crippen LogP contribution in [0, 0.1) is 5.92 Å². The van der Waals surface area contributed by atoms with Gasteiger partial charge in [0.2, 0.25) is 5.91 Å². The Morgan fingerprint density at radius 3 is 2.70 bits per heavy atom. The second-order valence-corrected chi connectivity index (χ2v) is 6.43. The summed E-state index contributed by atoms with van der Waals surface area (Å²) in [5, 5.41) is 6.45. The minimum absolute atomic E-state index is 0.155. The molecule has 0 bridgehead atoms. The van der Waals surface area contributed by atoms with Crippen LogP contribution in [-0.2, 0) is 4.79 Å². The van der Waals surface area contributed by atoms with Gasteiger partial charge < -0.3 is 15.5 Å². The molecule has 1 aliphatic heterocycles. The monoisotopic (exact) mass is 284 g/mol. The first-order valence-corrected chi connectivity index (χ1v) is 7.85. The van der Waals surface area contributed by atoms with E-state index in [1.165, 1.54) is 0 Å². The third-order valence-electron chi connectivity index (χ3n) is 3.81. The first-order chi connectivity index (χ1) is 9.49. The molecule has 0 aromatic carbocycles. The van der Waals surface area contributed by atoms with Gasteiger partial charge in [-0.15, -0.1) is 0 Å². The number of amides is 1. The standard InChI is InChI=1S/C15H32N4O/c1-13(2)10-14(18(3)4)11-17-15(20)12-19-8-5-6-16-7-9-19/h13-14,16H,5-12H2,1-4H3,(H,17,20). The fourth-order valence-corrected chi connectivity index (χ4v) is 2.57. The zero-order valence-corrected chi connectivity index (χ0v) is 13.6. The van der Waals surface area contributed by atoms with Crippen molar-refractivity contribution in [2.75, 3.05) is 53.4 Å². The van der Waals surface area contributed by atoms with Crippen LogP contribution in [0.5, 0.6) is 0 Å². The topological polar surface area (TPSA) is 47.6 Å². The average Bonchev–Trinajstić information content (AvgIpc) is 2.62. The van der Waals surface area contributed by atoms with Crippen molar-refractivity contribution >= 4 is 5.91 Å². The normalized spacial score (nSPS) is 19.1. The van der Waals surface area contributed by atoms with Crippen molar-refractivity contribution in [1.82, 2.24) is 20.4 Å². The highest BCUT2D eigenvalue weighted by molar-refractivity contribution is 5.78. The second-order valence-electron chi connectivity index (χ2n) is 6.43. The zero-order chi connectivity index (χ0) is 15.0. The molecule has 1 rings (SSSR count). The van der Waals surface area contributed by atoms with Gasteiger partial charge in [0, 0.05) is 25.7 Å². The van der Waals surface area contributed by atoms with E-state index in [-0.39, 0.29) is 5.91 Å². The van der Waals surface area contributed by atoms with Crippen molar-refractivity contribution in [1.29, 1.82) is 0 Å². The predicted octanol–water partition coefficient (Wildman–Crippen LogP) is 0.374. The van der Waals surface area contributed by atoms with Crippen LogP contribution in [0.1, 0.15) is 26.7 Å². The molecule has 0 radical (unpaired) electrons. The van der Waals surface area contributed by atoms with E-state index in [4.69, 9.17) is 0 Å². The lowest BCUT2D eigenvalue weighted by atomic mass is 10.0. The molecule has 1 atom stereocenters. The first-order valence-electron chi connectivity index (χ1n) is 7.85. The molecule has 0 aromatic rings. The molecule has 1 fully saturated rings. The van der Waals surface area contributed by atoms with Gasteiger partial charge in [-0.25, -0.2) is 0 Å². The maximum absolute atomic E-state index is 12.0. The summed E-state index contributed by atoms with van der Waals surface area (Å²) in [5.41, 5.74) is 0. The van der Waals surface area contributed by atoms with E-state index >= 15 is 0 Å². The second kappa shape index (κ2) is 9.32. The molecular formula is C15H32N4O. The van der Waals surface area contributed by atoms with Crippen molar-refractivity contribution in [3.63, 3.8) is 0 Å². The lowest BCUT2D eigenvalue weighted by Gasteiger charge is -2.27. The van der Waals surface area contributed by atoms with Gasteiger partial charge in [-0.2, -0.15) is 0 Å². The highest BCUT2D eigenvalue weighted by Crippen LogP contribution is 2.08. The molecule has 5 nitrogen and oxygen atoms in total. The number of nitrogens with one attached hydrogen (secondary N) is 2. The maximum Gasteiger partial charge on any atom is 0.234 e. The van der Waals surface area contributed by atoms with Crippen LogP contribution in [0.3, 0.4) is 0 Å². The van der Waals surface area contributed by atoms with Gasteiger partial charge in [-0.3, -0.25) is 9.69 Å². The van der Waals surface area contributed by atoms with Crippen molar-refractivity contribution in [2.45, 2.75) is 32.7 Å². The number of likely N-dealkylation sites (N-methyl/N-ethyl adjacent to an activating group) is 1. The Hall–Kier alpha value is -0.650. The molecule has 1 aliphatic rings. The predicted molar refractivity (Wildman–Crippen MR) is 83.9 cm³/mol. The van der Waals surface area contributed by atoms with E-state index in [9.17, 15) is 4.79 Å². The van der Waals surface area contributed by atoms with Crippen LogP contribution in [-0.4, -0.2) is 75.1 Å². The number of hydrogen-bond donors (Lipinski definition) is 2. The number of nitrogens with zero attached hydrogens (tertiary/aromatic N) is 2. The fourth-order valence-electron chi connectivity index (χ4n) is 2.57. The van der Waals surface area contributed by atoms with E-state index < -0.39 is 0 Å². The van der Waals surface area contributed by atoms with Gasteiger partial charge >= 0.3 is 0 Å². The summed E-state index contributed by atoms with van der Waals surface area (Å²) >= 11 is 0. The lowest BCUT2D eigenvalue weighted by Crippen LogP contribution is -2.45. The number of carbonyl (C=O) groups is 1. The quantitative estimate of drug-likeness (QED) is 0.709. The summed E-state index contributed by atoms with van der Waals surface area (Å²) in [4.78, 5) is 16.5. The molecule has 1 amide bonds. The van der Waals surface area contributed by atoms with Gasteiger partial charge in [0.05, 0.1) is 6.54 Å². The summed E-state index contributed by atoms with van der Waals surface area (Å²) in [6, 6.07) is 0.421. The van der Waals surface area contributed by atoms with E-state index in [0.717, 1.165) is 45.6 Å². The number of rotatable bonds is 7. The lowest BCUT2D eigenvalue weighted by molar-refractivity contribution is -0.122. The zero-order valence-electron chi connectivity index (χ0n) is 13.6. The van der Waals surface area contributed by atoms with Crippen LogP contribution in [0.4, 0.5) is 0 Å². The highest BCUT2D eigenvalue weighted by Gasteiger charge is 2.16. The van der Waals surface area contributed by atoms with Gasteiger partial charge in [-0.1, -0.05) is 13.8 Å². The van der Waals surface area contributed by atoms with E-state index in [2.05, 4.69) is 48.4 Å². The van der Waals surface area contributed by atoms with Crippen LogP contribution < -0.4 is 10.6 Å². The van der Waals surface area contributed by atoms with Crippen LogP contribution in [0.2, 0.25) is 0 Å². The van der Waals surface area contributed by atoms with Gasteiger partial charge in [0.25, 0.3) is 0 Å². The molecule has 1 saturated heterocycles. The van der Waals surface area contributed by atoms with Gasteiger partial charge in [0.15, 0.2) is 0 Å². The molecular weight excluding hydrogens is 252 g/mol. The average molecular weight is 284 g/mol. The SMILES string of the molecule is CC(C)CC(CNC(=O)CN1CCCNCC1)N(C)C. The van der Waals surface area contributed by atoms with Crippen LogP contribution >= 0.6 is 0 Å². The molecule has 1 unspecified atom stereocenters. The van der Waals surface area contributed by atoms with E-state index in [1.807, 2.05) is 0 Å². The minimum atomic E-state index is 0.155. The molecule has 0 saturated carbocycles. The van der Waals surface area contributed by atoms with Crippen molar-refractivity contribution in [3.8, 4) is 0 Å². The summed E-state index contributed by atoms with van der Waals surface area (Å²) in [6.07, 6.45) is 2.24. The molecule has 0 spiro atoms. The molecule has 5 heteroatoms. The van der Waals surface area contributed by atoms with Crippen molar-refractivity contribution in [3.05, 3.63) is 0 Å². The Morgan fingerprint density at radius 1 is 1.30 bits per heavy atom. The smallest absolute Gasteiger partial charge is 0.234 e. The Bertz CT molecular complexity index is 273. The van der Waals surface area contributed by atoms with E-state index in [1.54, 1.807) is 0 Å². The van der Waals surface area contributed by atoms with Gasteiger partial charge in [0.1, 0.15) is 0 Å². The Kier molecular flexibility index (Phi) is 8.11. The van der Waals surface area contributed by atoms with Gasteiger partial charge in [-0.05, 0) is 45.9 Å². The molecule has 20 heavy (non-hydrogen) atoms. The highest BCUT2D eigenvalue weighted by atomic mass is 16.2. The minimum Gasteiger partial charge on any atom is -0.353 e. The van der Waals surface area contributed by atoms with Crippen molar-refractivity contribution in [2.24, 2.45) is 5.92 Å². The largest absolute Gasteiger partial charge is 0.353 e. The van der Waals surface area contributed by atoms with Crippen LogP contribution in [0.25, 0.3) is 0 Å². The van der Waals surface area contributed by atoms with Crippen LogP contribution in [0.15, 0.2) is 0 Å².